The van der Waals surface area contributed by atoms with E-state index in [0.717, 1.165) is 30.8 Å². The first-order chi connectivity index (χ1) is 10.1. The molecule has 0 aliphatic carbocycles. The van der Waals surface area contributed by atoms with Crippen LogP contribution in [0.4, 0.5) is 5.00 Å². The minimum absolute atomic E-state index is 0.105. The van der Waals surface area contributed by atoms with Crippen molar-refractivity contribution in [3.8, 4) is 0 Å². The van der Waals surface area contributed by atoms with Gasteiger partial charge in [0.2, 0.25) is 5.91 Å². The van der Waals surface area contributed by atoms with Crippen molar-refractivity contribution in [2.45, 2.75) is 65.2 Å². The molecular weight excluding hydrogens is 288 g/mol. The van der Waals surface area contributed by atoms with Crippen molar-refractivity contribution in [2.24, 2.45) is 0 Å². The SMILES string of the molecule is CCCCCCCCCC(=O)Nc1snc(C)c1C(=O)O. The fraction of sp³-hybridized carbons (Fsp3) is 0.667. The number of hydrogen-bond donors (Lipinski definition) is 2. The van der Waals surface area contributed by atoms with E-state index in [1.807, 2.05) is 0 Å². The molecule has 0 saturated carbocycles. The highest BCUT2D eigenvalue weighted by atomic mass is 32.1. The molecule has 1 aromatic heterocycles. The molecule has 21 heavy (non-hydrogen) atoms. The molecule has 1 amide bonds. The number of carbonyl (C=O) groups excluding carboxylic acids is 1. The number of unbranched alkanes of at least 4 members (excludes halogenated alkanes) is 6. The summed E-state index contributed by atoms with van der Waals surface area (Å²) in [4.78, 5) is 22.9. The maximum absolute atomic E-state index is 11.8. The van der Waals surface area contributed by atoms with E-state index in [0.29, 0.717) is 17.1 Å². The van der Waals surface area contributed by atoms with Gasteiger partial charge in [-0.3, -0.25) is 4.79 Å². The lowest BCUT2D eigenvalue weighted by molar-refractivity contribution is -0.116. The molecule has 0 aromatic carbocycles. The van der Waals surface area contributed by atoms with E-state index in [1.54, 1.807) is 6.92 Å². The third kappa shape index (κ3) is 6.25. The molecule has 5 nitrogen and oxygen atoms in total. The second kappa shape index (κ2) is 9.50. The van der Waals surface area contributed by atoms with Crippen LogP contribution in [0, 0.1) is 6.92 Å². The van der Waals surface area contributed by atoms with E-state index < -0.39 is 5.97 Å². The number of carboxylic acid groups (broad SMARTS) is 1. The van der Waals surface area contributed by atoms with Gasteiger partial charge in [0.1, 0.15) is 10.6 Å². The molecular formula is C15H24N2O3S. The fourth-order valence-corrected chi connectivity index (χ4v) is 2.94. The molecule has 1 aromatic rings. The number of rotatable bonds is 10. The Hall–Kier alpha value is -1.43. The van der Waals surface area contributed by atoms with E-state index >= 15 is 0 Å². The fourth-order valence-electron chi connectivity index (χ4n) is 2.14. The van der Waals surface area contributed by atoms with Gasteiger partial charge in [-0.15, -0.1) is 0 Å². The molecule has 0 atom stereocenters. The van der Waals surface area contributed by atoms with Crippen molar-refractivity contribution in [2.75, 3.05) is 5.32 Å². The summed E-state index contributed by atoms with van der Waals surface area (Å²) in [6, 6.07) is 0. The Labute approximate surface area is 129 Å². The van der Waals surface area contributed by atoms with Crippen LogP contribution in [0.15, 0.2) is 0 Å². The van der Waals surface area contributed by atoms with Gasteiger partial charge in [0.15, 0.2) is 0 Å². The van der Waals surface area contributed by atoms with Crippen molar-refractivity contribution in [3.05, 3.63) is 11.3 Å². The quantitative estimate of drug-likeness (QED) is 0.634. The third-order valence-electron chi connectivity index (χ3n) is 3.34. The van der Waals surface area contributed by atoms with Crippen LogP contribution in [-0.2, 0) is 4.79 Å². The highest BCUT2D eigenvalue weighted by Crippen LogP contribution is 2.24. The number of aromatic carboxylic acids is 1. The summed E-state index contributed by atoms with van der Waals surface area (Å²) in [6.07, 6.45) is 8.50. The molecule has 0 aliphatic rings. The van der Waals surface area contributed by atoms with Crippen molar-refractivity contribution in [1.82, 2.24) is 4.37 Å². The Morgan fingerprint density at radius 1 is 1.14 bits per heavy atom. The van der Waals surface area contributed by atoms with E-state index in [9.17, 15) is 9.59 Å². The Bertz CT molecular complexity index is 471. The van der Waals surface area contributed by atoms with Crippen LogP contribution in [0.1, 0.15) is 74.3 Å². The number of aromatic nitrogens is 1. The van der Waals surface area contributed by atoms with Crippen LogP contribution < -0.4 is 5.32 Å². The Morgan fingerprint density at radius 3 is 2.38 bits per heavy atom. The van der Waals surface area contributed by atoms with Gasteiger partial charge in [-0.05, 0) is 24.9 Å². The Morgan fingerprint density at radius 2 is 1.76 bits per heavy atom. The van der Waals surface area contributed by atoms with Gasteiger partial charge in [0.05, 0.1) is 5.69 Å². The minimum atomic E-state index is -1.05. The average Bonchev–Trinajstić information content (AvgIpc) is 2.78. The lowest BCUT2D eigenvalue weighted by Gasteiger charge is -2.04. The smallest absolute Gasteiger partial charge is 0.340 e. The van der Waals surface area contributed by atoms with Crippen LogP contribution >= 0.6 is 11.5 Å². The summed E-state index contributed by atoms with van der Waals surface area (Å²) in [5, 5.41) is 12.1. The van der Waals surface area contributed by atoms with Crippen molar-refractivity contribution in [1.29, 1.82) is 0 Å². The molecule has 0 saturated heterocycles. The summed E-state index contributed by atoms with van der Waals surface area (Å²) in [5.41, 5.74) is 0.548. The summed E-state index contributed by atoms with van der Waals surface area (Å²) in [5.74, 6) is -1.18. The molecule has 6 heteroatoms. The zero-order chi connectivity index (χ0) is 15.7. The molecule has 1 rings (SSSR count). The summed E-state index contributed by atoms with van der Waals surface area (Å²) >= 11 is 1.02. The number of aryl methyl sites for hydroxylation is 1. The number of nitrogens with zero attached hydrogens (tertiary/aromatic N) is 1. The topological polar surface area (TPSA) is 79.3 Å². The number of amides is 1. The zero-order valence-electron chi connectivity index (χ0n) is 12.8. The second-order valence-electron chi connectivity index (χ2n) is 5.20. The molecule has 1 heterocycles. The first kappa shape index (κ1) is 17.6. The van der Waals surface area contributed by atoms with Gasteiger partial charge in [-0.25, -0.2) is 4.79 Å². The van der Waals surface area contributed by atoms with Crippen molar-refractivity contribution in [3.63, 3.8) is 0 Å². The maximum Gasteiger partial charge on any atom is 0.340 e. The Balaban J connectivity index is 2.27. The van der Waals surface area contributed by atoms with E-state index in [1.165, 1.54) is 25.7 Å². The summed E-state index contributed by atoms with van der Waals surface area (Å²) in [7, 11) is 0. The zero-order valence-corrected chi connectivity index (χ0v) is 13.6. The van der Waals surface area contributed by atoms with Gasteiger partial charge in [0, 0.05) is 6.42 Å². The first-order valence-corrected chi connectivity index (χ1v) is 8.33. The van der Waals surface area contributed by atoms with Crippen molar-refractivity contribution < 1.29 is 14.7 Å². The second-order valence-corrected chi connectivity index (χ2v) is 5.97. The van der Waals surface area contributed by atoms with E-state index in [-0.39, 0.29) is 11.5 Å². The summed E-state index contributed by atoms with van der Waals surface area (Å²) in [6.45, 7) is 3.82. The van der Waals surface area contributed by atoms with Crippen LogP contribution in [0.3, 0.4) is 0 Å². The van der Waals surface area contributed by atoms with Crippen LogP contribution in [-0.4, -0.2) is 21.4 Å². The van der Waals surface area contributed by atoms with E-state index in [4.69, 9.17) is 5.11 Å². The molecule has 0 fully saturated rings. The lowest BCUT2D eigenvalue weighted by atomic mass is 10.1. The van der Waals surface area contributed by atoms with Crippen LogP contribution in [0.25, 0.3) is 0 Å². The standard InChI is InChI=1S/C15H24N2O3S/c1-3-4-5-6-7-8-9-10-12(18)16-14-13(15(19)20)11(2)17-21-14/h3-10H2,1-2H3,(H,16,18)(H,19,20). The highest BCUT2D eigenvalue weighted by molar-refractivity contribution is 7.11. The number of hydrogen-bond acceptors (Lipinski definition) is 4. The van der Waals surface area contributed by atoms with E-state index in [2.05, 4.69) is 16.6 Å². The maximum atomic E-state index is 11.8. The normalized spacial score (nSPS) is 10.6. The minimum Gasteiger partial charge on any atom is -0.478 e. The van der Waals surface area contributed by atoms with Gasteiger partial charge in [-0.1, -0.05) is 45.4 Å². The van der Waals surface area contributed by atoms with Crippen LogP contribution in [0.5, 0.6) is 0 Å². The highest BCUT2D eigenvalue weighted by Gasteiger charge is 2.18. The number of anilines is 1. The van der Waals surface area contributed by atoms with Crippen LogP contribution in [0.2, 0.25) is 0 Å². The number of nitrogens with one attached hydrogen (secondary N) is 1. The molecule has 2 N–H and O–H groups in total. The van der Waals surface area contributed by atoms with Crippen molar-refractivity contribution >= 4 is 28.4 Å². The third-order valence-corrected chi connectivity index (χ3v) is 4.19. The molecule has 0 unspecified atom stereocenters. The number of carboxylic acids is 1. The van der Waals surface area contributed by atoms with Gasteiger partial charge in [-0.2, -0.15) is 4.37 Å². The molecule has 0 radical (unpaired) electrons. The van der Waals surface area contributed by atoms with Gasteiger partial charge >= 0.3 is 5.97 Å². The summed E-state index contributed by atoms with van der Waals surface area (Å²) < 4.78 is 3.98. The van der Waals surface area contributed by atoms with Gasteiger partial charge in [0.25, 0.3) is 0 Å². The predicted octanol–water partition coefficient (Wildman–Crippen LogP) is 4.23. The lowest BCUT2D eigenvalue weighted by Crippen LogP contribution is -2.13. The number of carbonyl (C=O) groups is 2. The first-order valence-electron chi connectivity index (χ1n) is 7.55. The molecule has 0 aliphatic heterocycles. The predicted molar refractivity (Wildman–Crippen MR) is 85.1 cm³/mol. The largest absolute Gasteiger partial charge is 0.478 e. The molecule has 118 valence electrons. The van der Waals surface area contributed by atoms with Gasteiger partial charge < -0.3 is 10.4 Å². The monoisotopic (exact) mass is 312 g/mol. The Kier molecular flexibility index (Phi) is 7.97. The molecule has 0 spiro atoms. The molecule has 0 bridgehead atoms. The average molecular weight is 312 g/mol.